The highest BCUT2D eigenvalue weighted by Gasteiger charge is 2.11. The number of carbonyl (C=O) groups is 3. The molecule has 0 aliphatic heterocycles. The summed E-state index contributed by atoms with van der Waals surface area (Å²) < 4.78 is 15.3. The van der Waals surface area contributed by atoms with Crippen molar-refractivity contribution in [1.29, 1.82) is 0 Å². The molecule has 2 aromatic rings. The highest BCUT2D eigenvalue weighted by molar-refractivity contribution is 6.30. The number of halogens is 1. The molecule has 2 aromatic carbocycles. The van der Waals surface area contributed by atoms with E-state index in [0.29, 0.717) is 28.6 Å². The lowest BCUT2D eigenvalue weighted by molar-refractivity contribution is -0.149. The minimum atomic E-state index is -0.677. The van der Waals surface area contributed by atoms with E-state index >= 15 is 0 Å². The van der Waals surface area contributed by atoms with Crippen LogP contribution in [0.3, 0.4) is 0 Å². The van der Waals surface area contributed by atoms with Gasteiger partial charge in [0.05, 0.1) is 12.2 Å². The minimum Gasteiger partial charge on any atom is -0.482 e. The molecule has 2 rings (SSSR count). The Morgan fingerprint density at radius 1 is 1.00 bits per heavy atom. The predicted octanol–water partition coefficient (Wildman–Crippen LogP) is 3.78. The Labute approximate surface area is 173 Å². The molecule has 1 amide bonds. The number of aryl methyl sites for hydroxylation is 1. The number of carbonyl (C=O) groups excluding carboxylic acids is 3. The highest BCUT2D eigenvalue weighted by atomic mass is 35.5. The molecule has 1 N–H and O–H groups in total. The quantitative estimate of drug-likeness (QED) is 0.622. The van der Waals surface area contributed by atoms with Gasteiger partial charge in [-0.05, 0) is 61.4 Å². The Balaban J connectivity index is 1.74. The van der Waals surface area contributed by atoms with Crippen molar-refractivity contribution in [2.24, 2.45) is 0 Å². The smallest absolute Gasteiger partial charge is 0.344 e. The van der Waals surface area contributed by atoms with Crippen LogP contribution in [0.2, 0.25) is 5.02 Å². The highest BCUT2D eigenvalue weighted by Crippen LogP contribution is 2.21. The third-order valence-corrected chi connectivity index (χ3v) is 3.92. The first-order chi connectivity index (χ1) is 13.9. The van der Waals surface area contributed by atoms with Gasteiger partial charge in [-0.3, -0.25) is 4.79 Å². The molecule has 0 saturated carbocycles. The van der Waals surface area contributed by atoms with Gasteiger partial charge in [0.15, 0.2) is 13.2 Å². The second-order valence-electron chi connectivity index (χ2n) is 6.12. The average Bonchev–Trinajstić information content (AvgIpc) is 2.70. The van der Waals surface area contributed by atoms with Gasteiger partial charge in [0.2, 0.25) is 0 Å². The van der Waals surface area contributed by atoms with Crippen molar-refractivity contribution in [3.63, 3.8) is 0 Å². The number of esters is 2. The van der Waals surface area contributed by atoms with Gasteiger partial charge in [0, 0.05) is 10.7 Å². The molecular formula is C21H22ClNO6. The summed E-state index contributed by atoms with van der Waals surface area (Å²) in [5.74, 6) is -1.10. The second kappa shape index (κ2) is 11.1. The van der Waals surface area contributed by atoms with Crippen LogP contribution in [0, 0.1) is 6.92 Å². The van der Waals surface area contributed by atoms with E-state index in [1.165, 1.54) is 0 Å². The third kappa shape index (κ3) is 7.46. The molecular weight excluding hydrogens is 398 g/mol. The maximum atomic E-state index is 11.9. The predicted molar refractivity (Wildman–Crippen MR) is 108 cm³/mol. The van der Waals surface area contributed by atoms with Gasteiger partial charge < -0.3 is 19.5 Å². The van der Waals surface area contributed by atoms with Gasteiger partial charge in [-0.25, -0.2) is 9.59 Å². The molecule has 0 atom stereocenters. The molecule has 7 nitrogen and oxygen atoms in total. The van der Waals surface area contributed by atoms with Crippen LogP contribution in [-0.4, -0.2) is 37.7 Å². The van der Waals surface area contributed by atoms with Gasteiger partial charge in [0.1, 0.15) is 5.75 Å². The molecule has 0 bridgehead atoms. The first-order valence-corrected chi connectivity index (χ1v) is 9.38. The van der Waals surface area contributed by atoms with Gasteiger partial charge >= 0.3 is 11.9 Å². The minimum absolute atomic E-state index is 0.329. The largest absolute Gasteiger partial charge is 0.482 e. The molecule has 0 fully saturated rings. The maximum absolute atomic E-state index is 11.9. The Bertz CT molecular complexity index is 866. The van der Waals surface area contributed by atoms with Crippen molar-refractivity contribution in [3.8, 4) is 5.75 Å². The molecule has 0 aliphatic rings. The molecule has 0 heterocycles. The fourth-order valence-electron chi connectivity index (χ4n) is 2.26. The fraction of sp³-hybridized carbons (Fsp3) is 0.286. The molecule has 0 radical (unpaired) electrons. The summed E-state index contributed by atoms with van der Waals surface area (Å²) in [7, 11) is 0. The second-order valence-corrected chi connectivity index (χ2v) is 6.56. The first-order valence-electron chi connectivity index (χ1n) is 9.00. The summed E-state index contributed by atoms with van der Waals surface area (Å²) in [6, 6.07) is 11.2. The topological polar surface area (TPSA) is 90.9 Å². The van der Waals surface area contributed by atoms with Crippen LogP contribution in [0.4, 0.5) is 5.69 Å². The Kier molecular flexibility index (Phi) is 8.48. The van der Waals surface area contributed by atoms with E-state index in [4.69, 9.17) is 25.8 Å². The van der Waals surface area contributed by atoms with E-state index in [0.717, 1.165) is 12.0 Å². The number of rotatable bonds is 9. The van der Waals surface area contributed by atoms with Crippen LogP contribution in [0.1, 0.15) is 29.3 Å². The standard InChI is InChI=1S/C21H22ClNO6/c1-3-10-27-21(26)15-4-7-17(8-5-15)23-19(24)12-29-20(25)13-28-18-9-6-16(22)11-14(18)2/h4-9,11H,3,10,12-13H2,1-2H3,(H,23,24). The zero-order chi connectivity index (χ0) is 21.2. The Morgan fingerprint density at radius 3 is 2.38 bits per heavy atom. The summed E-state index contributed by atoms with van der Waals surface area (Å²) >= 11 is 5.86. The Morgan fingerprint density at radius 2 is 1.72 bits per heavy atom. The van der Waals surface area contributed by atoms with Gasteiger partial charge in [-0.1, -0.05) is 18.5 Å². The van der Waals surface area contributed by atoms with Crippen LogP contribution in [0.15, 0.2) is 42.5 Å². The number of amides is 1. The molecule has 0 spiro atoms. The summed E-state index contributed by atoms with van der Waals surface area (Å²) in [4.78, 5) is 35.4. The van der Waals surface area contributed by atoms with Crippen molar-refractivity contribution in [2.45, 2.75) is 20.3 Å². The van der Waals surface area contributed by atoms with Gasteiger partial charge in [-0.15, -0.1) is 0 Å². The van der Waals surface area contributed by atoms with Crippen LogP contribution >= 0.6 is 11.6 Å². The lowest BCUT2D eigenvalue weighted by atomic mass is 10.2. The van der Waals surface area contributed by atoms with E-state index in [9.17, 15) is 14.4 Å². The van der Waals surface area contributed by atoms with E-state index < -0.39 is 24.5 Å². The van der Waals surface area contributed by atoms with Crippen LogP contribution in [-0.2, 0) is 19.1 Å². The number of hydrogen-bond acceptors (Lipinski definition) is 6. The SMILES string of the molecule is CCCOC(=O)c1ccc(NC(=O)COC(=O)COc2ccc(Cl)cc2C)cc1. The third-order valence-electron chi connectivity index (χ3n) is 3.69. The van der Waals surface area contributed by atoms with Gasteiger partial charge in [-0.2, -0.15) is 0 Å². The lowest BCUT2D eigenvalue weighted by Gasteiger charge is -2.10. The van der Waals surface area contributed by atoms with Crippen molar-refractivity contribution in [2.75, 3.05) is 25.1 Å². The zero-order valence-electron chi connectivity index (χ0n) is 16.2. The molecule has 0 unspecified atom stereocenters. The molecule has 0 saturated heterocycles. The van der Waals surface area contributed by atoms with Crippen LogP contribution in [0.5, 0.6) is 5.75 Å². The Hall–Kier alpha value is -3.06. The van der Waals surface area contributed by atoms with E-state index in [2.05, 4.69) is 5.32 Å². The summed E-state index contributed by atoms with van der Waals surface area (Å²) in [6.45, 7) is 3.27. The van der Waals surface area contributed by atoms with E-state index in [-0.39, 0.29) is 6.61 Å². The summed E-state index contributed by atoms with van der Waals surface area (Å²) in [5.41, 5.74) is 1.63. The number of anilines is 1. The van der Waals surface area contributed by atoms with Crippen molar-refractivity contribution < 1.29 is 28.6 Å². The van der Waals surface area contributed by atoms with E-state index in [1.54, 1.807) is 49.4 Å². The molecule has 154 valence electrons. The maximum Gasteiger partial charge on any atom is 0.344 e. The molecule has 8 heteroatoms. The number of nitrogens with one attached hydrogen (secondary N) is 1. The first kappa shape index (κ1) is 22.2. The summed E-state index contributed by atoms with van der Waals surface area (Å²) in [6.07, 6.45) is 0.739. The molecule has 29 heavy (non-hydrogen) atoms. The summed E-state index contributed by atoms with van der Waals surface area (Å²) in [5, 5.41) is 3.14. The van der Waals surface area contributed by atoms with Crippen molar-refractivity contribution >= 4 is 35.1 Å². The van der Waals surface area contributed by atoms with Crippen molar-refractivity contribution in [1.82, 2.24) is 0 Å². The number of ether oxygens (including phenoxy) is 3. The number of benzene rings is 2. The normalized spacial score (nSPS) is 10.2. The van der Waals surface area contributed by atoms with Crippen LogP contribution < -0.4 is 10.1 Å². The van der Waals surface area contributed by atoms with Crippen molar-refractivity contribution in [3.05, 3.63) is 58.6 Å². The van der Waals surface area contributed by atoms with Crippen LogP contribution in [0.25, 0.3) is 0 Å². The zero-order valence-corrected chi connectivity index (χ0v) is 17.0. The van der Waals surface area contributed by atoms with E-state index in [1.807, 2.05) is 6.92 Å². The number of hydrogen-bond donors (Lipinski definition) is 1. The molecule has 0 aliphatic carbocycles. The molecule has 0 aromatic heterocycles. The lowest BCUT2D eigenvalue weighted by Crippen LogP contribution is -2.23. The average molecular weight is 420 g/mol. The van der Waals surface area contributed by atoms with Gasteiger partial charge in [0.25, 0.3) is 5.91 Å². The fourth-order valence-corrected chi connectivity index (χ4v) is 2.49. The monoisotopic (exact) mass is 419 g/mol.